The molecular weight excluding hydrogens is 302 g/mol. The molecule has 0 radical (unpaired) electrons. The van der Waals surface area contributed by atoms with E-state index in [0.717, 1.165) is 12.8 Å². The maximum absolute atomic E-state index is 11.0. The molecule has 0 unspecified atom stereocenters. The number of hydrogen-bond acceptors (Lipinski definition) is 5. The molecule has 0 spiro atoms. The van der Waals surface area contributed by atoms with Gasteiger partial charge in [-0.1, -0.05) is 0 Å². The summed E-state index contributed by atoms with van der Waals surface area (Å²) < 4.78 is 0.638. The number of nitrogens with zero attached hydrogens (tertiary/aromatic N) is 3. The summed E-state index contributed by atoms with van der Waals surface area (Å²) in [6.45, 7) is 1.62. The molecule has 0 aromatic carbocycles. The number of nitro groups is 1. The second kappa shape index (κ2) is 5.62. The summed E-state index contributed by atoms with van der Waals surface area (Å²) in [5.41, 5.74) is 0.609. The molecular formula is C11H14BrN3O3. The Balaban J connectivity index is 2.26. The van der Waals surface area contributed by atoms with Crippen molar-refractivity contribution in [1.29, 1.82) is 0 Å². The van der Waals surface area contributed by atoms with Gasteiger partial charge < -0.3 is 10.0 Å². The quantitative estimate of drug-likeness (QED) is 0.681. The predicted octanol–water partition coefficient (Wildman–Crippen LogP) is 1.96. The van der Waals surface area contributed by atoms with Gasteiger partial charge in [-0.15, -0.1) is 0 Å². The first kappa shape index (κ1) is 13.2. The summed E-state index contributed by atoms with van der Waals surface area (Å²) in [5.74, 6) is 0.306. The minimum atomic E-state index is -0.411. The standard InChI is InChI=1S/C11H14BrN3O3/c12-9-5-13-6-10(15(17)18)11(9)14-3-1-8(7-16)2-4-14/h5-6,8,16H,1-4,7H2. The summed E-state index contributed by atoms with van der Waals surface area (Å²) in [6.07, 6.45) is 4.55. The number of aliphatic hydroxyl groups is 1. The largest absolute Gasteiger partial charge is 0.396 e. The zero-order valence-corrected chi connectivity index (χ0v) is 11.3. The topological polar surface area (TPSA) is 79.5 Å². The maximum Gasteiger partial charge on any atom is 0.311 e. The van der Waals surface area contributed by atoms with Gasteiger partial charge in [0.25, 0.3) is 0 Å². The minimum Gasteiger partial charge on any atom is -0.396 e. The van der Waals surface area contributed by atoms with Crippen LogP contribution in [0.5, 0.6) is 0 Å². The van der Waals surface area contributed by atoms with Crippen molar-refractivity contribution in [3.05, 3.63) is 27.0 Å². The molecule has 0 amide bonds. The number of halogens is 1. The van der Waals surface area contributed by atoms with Gasteiger partial charge in [-0.3, -0.25) is 15.1 Å². The van der Waals surface area contributed by atoms with Crippen LogP contribution in [0.3, 0.4) is 0 Å². The highest BCUT2D eigenvalue weighted by Crippen LogP contribution is 2.36. The molecule has 1 saturated heterocycles. The average Bonchev–Trinajstić information content (AvgIpc) is 2.38. The van der Waals surface area contributed by atoms with E-state index in [1.165, 1.54) is 6.20 Å². The molecule has 7 heteroatoms. The Morgan fingerprint density at radius 2 is 2.17 bits per heavy atom. The lowest BCUT2D eigenvalue weighted by atomic mass is 9.97. The molecule has 0 saturated carbocycles. The number of pyridine rings is 1. The first-order valence-electron chi connectivity index (χ1n) is 5.77. The Labute approximate surface area is 113 Å². The molecule has 1 aromatic rings. The summed E-state index contributed by atoms with van der Waals surface area (Å²) in [7, 11) is 0. The van der Waals surface area contributed by atoms with Crippen molar-refractivity contribution in [2.24, 2.45) is 5.92 Å². The Bertz CT molecular complexity index is 447. The molecule has 2 rings (SSSR count). The highest BCUT2D eigenvalue weighted by atomic mass is 79.9. The van der Waals surface area contributed by atoms with Crippen molar-refractivity contribution < 1.29 is 10.0 Å². The van der Waals surface area contributed by atoms with Crippen molar-refractivity contribution in [2.45, 2.75) is 12.8 Å². The Morgan fingerprint density at radius 3 is 2.72 bits per heavy atom. The van der Waals surface area contributed by atoms with Crippen molar-refractivity contribution in [2.75, 3.05) is 24.6 Å². The lowest BCUT2D eigenvalue weighted by molar-refractivity contribution is -0.384. The van der Waals surface area contributed by atoms with Gasteiger partial charge >= 0.3 is 5.69 Å². The number of hydrogen-bond donors (Lipinski definition) is 1. The van der Waals surface area contributed by atoms with Gasteiger partial charge in [0.15, 0.2) is 0 Å². The van der Waals surface area contributed by atoms with E-state index in [-0.39, 0.29) is 12.3 Å². The molecule has 1 aliphatic heterocycles. The van der Waals surface area contributed by atoms with Gasteiger partial charge in [-0.05, 0) is 34.7 Å². The van der Waals surface area contributed by atoms with Gasteiger partial charge in [0.05, 0.1) is 9.40 Å². The van der Waals surface area contributed by atoms with Crippen molar-refractivity contribution in [3.63, 3.8) is 0 Å². The molecule has 0 aliphatic carbocycles. The minimum absolute atomic E-state index is 0.0202. The van der Waals surface area contributed by atoms with Crippen molar-refractivity contribution in [1.82, 2.24) is 4.98 Å². The van der Waals surface area contributed by atoms with Crippen LogP contribution in [-0.4, -0.2) is 34.7 Å². The van der Waals surface area contributed by atoms with Crippen LogP contribution in [0.1, 0.15) is 12.8 Å². The van der Waals surface area contributed by atoms with Gasteiger partial charge in [0.2, 0.25) is 0 Å². The number of anilines is 1. The molecule has 98 valence electrons. The van der Waals surface area contributed by atoms with Crippen LogP contribution < -0.4 is 4.90 Å². The van der Waals surface area contributed by atoms with Crippen LogP contribution >= 0.6 is 15.9 Å². The van der Waals surface area contributed by atoms with Crippen LogP contribution in [-0.2, 0) is 0 Å². The van der Waals surface area contributed by atoms with E-state index in [9.17, 15) is 10.1 Å². The summed E-state index contributed by atoms with van der Waals surface area (Å²) >= 11 is 3.33. The van der Waals surface area contributed by atoms with Crippen LogP contribution in [0.25, 0.3) is 0 Å². The van der Waals surface area contributed by atoms with Gasteiger partial charge in [-0.25, -0.2) is 0 Å². The van der Waals surface area contributed by atoms with Crippen molar-refractivity contribution in [3.8, 4) is 0 Å². The van der Waals surface area contributed by atoms with Gasteiger partial charge in [-0.2, -0.15) is 0 Å². The zero-order valence-electron chi connectivity index (χ0n) is 9.75. The normalized spacial score (nSPS) is 16.9. The Morgan fingerprint density at radius 1 is 1.50 bits per heavy atom. The number of piperidine rings is 1. The molecule has 1 aromatic heterocycles. The number of aliphatic hydroxyl groups excluding tert-OH is 1. The zero-order chi connectivity index (χ0) is 13.1. The van der Waals surface area contributed by atoms with E-state index in [4.69, 9.17) is 5.11 Å². The predicted molar refractivity (Wildman–Crippen MR) is 70.6 cm³/mol. The SMILES string of the molecule is O=[N+]([O-])c1cncc(Br)c1N1CCC(CO)CC1. The number of aromatic nitrogens is 1. The third-order valence-corrected chi connectivity index (χ3v) is 3.82. The highest BCUT2D eigenvalue weighted by Gasteiger charge is 2.26. The van der Waals surface area contributed by atoms with E-state index in [1.54, 1.807) is 6.20 Å². The molecule has 0 atom stereocenters. The van der Waals surface area contributed by atoms with E-state index < -0.39 is 4.92 Å². The van der Waals surface area contributed by atoms with E-state index in [0.29, 0.717) is 29.2 Å². The van der Waals surface area contributed by atoms with Crippen LogP contribution in [0, 0.1) is 16.0 Å². The fourth-order valence-corrected chi connectivity index (χ4v) is 2.78. The smallest absolute Gasteiger partial charge is 0.311 e. The maximum atomic E-state index is 11.0. The first-order chi connectivity index (χ1) is 8.63. The summed E-state index contributed by atoms with van der Waals surface area (Å²) in [6, 6.07) is 0. The molecule has 6 nitrogen and oxygen atoms in total. The lowest BCUT2D eigenvalue weighted by Crippen LogP contribution is -2.35. The third-order valence-electron chi connectivity index (χ3n) is 3.24. The Kier molecular flexibility index (Phi) is 4.13. The second-order valence-electron chi connectivity index (χ2n) is 4.36. The Hall–Kier alpha value is -1.21. The molecule has 0 bridgehead atoms. The van der Waals surface area contributed by atoms with E-state index >= 15 is 0 Å². The first-order valence-corrected chi connectivity index (χ1v) is 6.56. The average molecular weight is 316 g/mol. The summed E-state index contributed by atoms with van der Waals surface area (Å²) in [4.78, 5) is 16.4. The van der Waals surface area contributed by atoms with E-state index in [1.807, 2.05) is 4.90 Å². The monoisotopic (exact) mass is 315 g/mol. The van der Waals surface area contributed by atoms with Gasteiger partial charge in [0.1, 0.15) is 11.9 Å². The van der Waals surface area contributed by atoms with Crippen LogP contribution in [0.4, 0.5) is 11.4 Å². The fraction of sp³-hybridized carbons (Fsp3) is 0.545. The summed E-state index contributed by atoms with van der Waals surface area (Å²) in [5, 5.41) is 20.1. The van der Waals surface area contributed by atoms with Crippen LogP contribution in [0.15, 0.2) is 16.9 Å². The number of rotatable bonds is 3. The van der Waals surface area contributed by atoms with Gasteiger partial charge in [0, 0.05) is 25.9 Å². The second-order valence-corrected chi connectivity index (χ2v) is 5.21. The molecule has 18 heavy (non-hydrogen) atoms. The molecule has 2 heterocycles. The third kappa shape index (κ3) is 2.62. The van der Waals surface area contributed by atoms with Crippen molar-refractivity contribution >= 4 is 27.3 Å². The highest BCUT2D eigenvalue weighted by molar-refractivity contribution is 9.10. The lowest BCUT2D eigenvalue weighted by Gasteiger charge is -2.32. The van der Waals surface area contributed by atoms with Crippen LogP contribution in [0.2, 0.25) is 0 Å². The van der Waals surface area contributed by atoms with E-state index in [2.05, 4.69) is 20.9 Å². The fourth-order valence-electron chi connectivity index (χ4n) is 2.20. The molecule has 1 aliphatic rings. The molecule has 1 fully saturated rings. The molecule has 1 N–H and O–H groups in total.